The van der Waals surface area contributed by atoms with Crippen LogP contribution in [0.5, 0.6) is 0 Å². The average molecular weight is 251 g/mol. The van der Waals surface area contributed by atoms with Crippen LogP contribution in [0.1, 0.15) is 41.6 Å². The largest absolute Gasteiger partial charge is 0.466 e. The number of rotatable bonds is 4. The molecular weight excluding hydrogens is 234 g/mol. The van der Waals surface area contributed by atoms with E-state index in [0.29, 0.717) is 17.1 Å². The molecule has 1 N–H and O–H groups in total. The van der Waals surface area contributed by atoms with Crippen molar-refractivity contribution in [3.8, 4) is 0 Å². The van der Waals surface area contributed by atoms with Crippen LogP contribution in [0.15, 0.2) is 10.5 Å². The standard InChI is InChI=1S/C13H17NO4/c1-7-6-11(8(2)17-7)13(16)18-9(3)12(15)14-10-4-5-10/h6,9-10H,4-5H2,1-3H3,(H,14,15)/t9-/m1/s1. The maximum atomic E-state index is 11.8. The van der Waals surface area contributed by atoms with Crippen LogP contribution in [-0.2, 0) is 9.53 Å². The van der Waals surface area contributed by atoms with Crippen LogP contribution in [0.3, 0.4) is 0 Å². The van der Waals surface area contributed by atoms with E-state index in [-0.39, 0.29) is 11.9 Å². The van der Waals surface area contributed by atoms with Crippen molar-refractivity contribution in [1.29, 1.82) is 0 Å². The molecule has 1 aromatic heterocycles. The van der Waals surface area contributed by atoms with Crippen LogP contribution in [0.2, 0.25) is 0 Å². The third-order valence-electron chi connectivity index (χ3n) is 2.84. The molecule has 1 aliphatic rings. The fourth-order valence-electron chi connectivity index (χ4n) is 1.66. The zero-order valence-electron chi connectivity index (χ0n) is 10.8. The topological polar surface area (TPSA) is 68.5 Å². The molecule has 1 saturated carbocycles. The Morgan fingerprint density at radius 2 is 2.11 bits per heavy atom. The Balaban J connectivity index is 1.93. The second-order valence-electron chi connectivity index (χ2n) is 4.66. The maximum Gasteiger partial charge on any atom is 0.342 e. The molecule has 1 aliphatic carbocycles. The summed E-state index contributed by atoms with van der Waals surface area (Å²) < 4.78 is 10.4. The third-order valence-corrected chi connectivity index (χ3v) is 2.84. The molecule has 5 heteroatoms. The highest BCUT2D eigenvalue weighted by Crippen LogP contribution is 2.19. The van der Waals surface area contributed by atoms with E-state index in [1.165, 1.54) is 0 Å². The van der Waals surface area contributed by atoms with Crippen LogP contribution >= 0.6 is 0 Å². The summed E-state index contributed by atoms with van der Waals surface area (Å²) in [4.78, 5) is 23.5. The van der Waals surface area contributed by atoms with E-state index in [4.69, 9.17) is 9.15 Å². The Morgan fingerprint density at radius 1 is 1.44 bits per heavy atom. The molecule has 18 heavy (non-hydrogen) atoms. The van der Waals surface area contributed by atoms with Crippen LogP contribution < -0.4 is 5.32 Å². The summed E-state index contributed by atoms with van der Waals surface area (Å²) in [6.45, 7) is 5.02. The fourth-order valence-corrected chi connectivity index (χ4v) is 1.66. The van der Waals surface area contributed by atoms with E-state index in [2.05, 4.69) is 5.32 Å². The number of esters is 1. The molecule has 5 nitrogen and oxygen atoms in total. The number of amides is 1. The van der Waals surface area contributed by atoms with Crippen LogP contribution in [0.4, 0.5) is 0 Å². The molecular formula is C13H17NO4. The molecule has 0 saturated heterocycles. The number of nitrogens with one attached hydrogen (secondary N) is 1. The number of hydrogen-bond acceptors (Lipinski definition) is 4. The van der Waals surface area contributed by atoms with Gasteiger partial charge in [-0.3, -0.25) is 4.79 Å². The van der Waals surface area contributed by atoms with E-state index < -0.39 is 12.1 Å². The third kappa shape index (κ3) is 2.91. The van der Waals surface area contributed by atoms with Gasteiger partial charge in [-0.15, -0.1) is 0 Å². The molecule has 98 valence electrons. The van der Waals surface area contributed by atoms with Crippen LogP contribution in [-0.4, -0.2) is 24.0 Å². The monoisotopic (exact) mass is 251 g/mol. The lowest BCUT2D eigenvalue weighted by atomic mass is 10.2. The van der Waals surface area contributed by atoms with Crippen molar-refractivity contribution >= 4 is 11.9 Å². The van der Waals surface area contributed by atoms with Gasteiger partial charge in [0.05, 0.1) is 0 Å². The lowest BCUT2D eigenvalue weighted by molar-refractivity contribution is -0.129. The predicted molar refractivity (Wildman–Crippen MR) is 64.2 cm³/mol. The molecule has 0 unspecified atom stereocenters. The summed E-state index contributed by atoms with van der Waals surface area (Å²) in [5.41, 5.74) is 0.374. The lowest BCUT2D eigenvalue weighted by Crippen LogP contribution is -2.37. The molecule has 0 spiro atoms. The van der Waals surface area contributed by atoms with Gasteiger partial charge in [0.25, 0.3) is 5.91 Å². The van der Waals surface area contributed by atoms with E-state index in [1.54, 1.807) is 26.8 Å². The van der Waals surface area contributed by atoms with Gasteiger partial charge in [-0.05, 0) is 39.7 Å². The van der Waals surface area contributed by atoms with Gasteiger partial charge in [0, 0.05) is 6.04 Å². The zero-order valence-corrected chi connectivity index (χ0v) is 10.8. The minimum atomic E-state index is -0.785. The van der Waals surface area contributed by atoms with Crippen molar-refractivity contribution in [1.82, 2.24) is 5.32 Å². The molecule has 1 amide bonds. The molecule has 0 aliphatic heterocycles. The number of carbonyl (C=O) groups is 2. The number of aryl methyl sites for hydroxylation is 2. The Morgan fingerprint density at radius 3 is 2.61 bits per heavy atom. The van der Waals surface area contributed by atoms with Gasteiger partial charge in [0.15, 0.2) is 6.10 Å². The minimum absolute atomic E-state index is 0.247. The van der Waals surface area contributed by atoms with E-state index >= 15 is 0 Å². The Kier molecular flexibility index (Phi) is 3.41. The number of carbonyl (C=O) groups excluding carboxylic acids is 2. The maximum absolute atomic E-state index is 11.8. The van der Waals surface area contributed by atoms with E-state index in [1.807, 2.05) is 0 Å². The fraction of sp³-hybridized carbons (Fsp3) is 0.538. The quantitative estimate of drug-likeness (QED) is 0.827. The zero-order chi connectivity index (χ0) is 13.3. The molecule has 0 bridgehead atoms. The number of hydrogen-bond donors (Lipinski definition) is 1. The molecule has 0 aromatic carbocycles. The molecule has 1 fully saturated rings. The number of furan rings is 1. The van der Waals surface area contributed by atoms with Crippen LogP contribution in [0.25, 0.3) is 0 Å². The Labute approximate surface area is 105 Å². The van der Waals surface area contributed by atoms with Crippen molar-refractivity contribution < 1.29 is 18.7 Å². The highest BCUT2D eigenvalue weighted by Gasteiger charge is 2.28. The summed E-state index contributed by atoms with van der Waals surface area (Å²) >= 11 is 0. The first kappa shape index (κ1) is 12.7. The van der Waals surface area contributed by atoms with Crippen molar-refractivity contribution in [3.63, 3.8) is 0 Å². The highest BCUT2D eigenvalue weighted by atomic mass is 16.5. The van der Waals surface area contributed by atoms with Gasteiger partial charge in [0.2, 0.25) is 0 Å². The summed E-state index contributed by atoms with van der Waals surface area (Å²) in [7, 11) is 0. The van der Waals surface area contributed by atoms with Crippen molar-refractivity contribution in [2.24, 2.45) is 0 Å². The summed E-state index contributed by atoms with van der Waals surface area (Å²) in [5, 5.41) is 2.79. The van der Waals surface area contributed by atoms with Gasteiger partial charge in [0.1, 0.15) is 17.1 Å². The average Bonchev–Trinajstić information content (AvgIpc) is 3.02. The molecule has 2 rings (SSSR count). The molecule has 1 heterocycles. The second kappa shape index (κ2) is 4.84. The van der Waals surface area contributed by atoms with Gasteiger partial charge >= 0.3 is 5.97 Å². The van der Waals surface area contributed by atoms with E-state index in [9.17, 15) is 9.59 Å². The first-order valence-corrected chi connectivity index (χ1v) is 6.05. The Hall–Kier alpha value is -1.78. The van der Waals surface area contributed by atoms with Crippen molar-refractivity contribution in [3.05, 3.63) is 23.2 Å². The van der Waals surface area contributed by atoms with Gasteiger partial charge in [-0.1, -0.05) is 0 Å². The van der Waals surface area contributed by atoms with Crippen molar-refractivity contribution in [2.75, 3.05) is 0 Å². The molecule has 0 radical (unpaired) electrons. The SMILES string of the molecule is Cc1cc(C(=O)O[C@H](C)C(=O)NC2CC2)c(C)o1. The van der Waals surface area contributed by atoms with Gasteiger partial charge in [-0.2, -0.15) is 0 Å². The first-order chi connectivity index (χ1) is 8.47. The normalized spacial score (nSPS) is 16.2. The van der Waals surface area contributed by atoms with Crippen LogP contribution in [0, 0.1) is 13.8 Å². The molecule has 1 aromatic rings. The second-order valence-corrected chi connectivity index (χ2v) is 4.66. The highest BCUT2D eigenvalue weighted by molar-refractivity contribution is 5.93. The smallest absolute Gasteiger partial charge is 0.342 e. The van der Waals surface area contributed by atoms with Gasteiger partial charge < -0.3 is 14.5 Å². The van der Waals surface area contributed by atoms with E-state index in [0.717, 1.165) is 12.8 Å². The predicted octanol–water partition coefficient (Wildman–Crippen LogP) is 1.72. The van der Waals surface area contributed by atoms with Gasteiger partial charge in [-0.25, -0.2) is 4.79 Å². The molecule has 1 atom stereocenters. The summed E-state index contributed by atoms with van der Waals surface area (Å²) in [5.74, 6) is 0.383. The number of ether oxygens (including phenoxy) is 1. The van der Waals surface area contributed by atoms with Crippen molar-refractivity contribution in [2.45, 2.75) is 45.8 Å². The summed E-state index contributed by atoms with van der Waals surface area (Å²) in [6, 6.07) is 1.87. The Bertz CT molecular complexity index is 473. The lowest BCUT2D eigenvalue weighted by Gasteiger charge is -2.12. The summed E-state index contributed by atoms with van der Waals surface area (Å²) in [6.07, 6.45) is 1.23. The minimum Gasteiger partial charge on any atom is -0.466 e. The first-order valence-electron chi connectivity index (χ1n) is 6.05.